The number of hydrogen-bond donors (Lipinski definition) is 0. The van der Waals surface area contributed by atoms with Gasteiger partial charge in [0.15, 0.2) is 5.82 Å². The van der Waals surface area contributed by atoms with Crippen LogP contribution in [0.4, 0.5) is 0 Å². The Morgan fingerprint density at radius 3 is 2.65 bits per heavy atom. The van der Waals surface area contributed by atoms with Crippen LogP contribution in [0.1, 0.15) is 12.7 Å². The van der Waals surface area contributed by atoms with E-state index in [9.17, 15) is 0 Å². The fourth-order valence-corrected chi connectivity index (χ4v) is 1.22. The topological polar surface area (TPSA) is 35.0 Å². The zero-order valence-corrected chi connectivity index (χ0v) is 9.92. The Labute approximate surface area is 102 Å². The first-order valence-corrected chi connectivity index (χ1v) is 5.14. The number of methoxy groups -OCH3 is 1. The van der Waals surface area contributed by atoms with Crippen LogP contribution in [0.2, 0.25) is 0 Å². The van der Waals surface area contributed by atoms with E-state index in [2.05, 4.69) is 15.9 Å². The van der Waals surface area contributed by atoms with Crippen molar-refractivity contribution in [3.05, 3.63) is 53.8 Å². The van der Waals surface area contributed by atoms with Gasteiger partial charge in [-0.1, -0.05) is 12.0 Å². The van der Waals surface area contributed by atoms with E-state index >= 15 is 0 Å². The maximum Gasteiger partial charge on any atom is 0.151 e. The molecule has 0 aliphatic heterocycles. The van der Waals surface area contributed by atoms with Gasteiger partial charge in [0, 0.05) is 24.0 Å². The second-order valence-corrected chi connectivity index (χ2v) is 3.06. The highest BCUT2D eigenvalue weighted by Crippen LogP contribution is 2.13. The van der Waals surface area contributed by atoms with Crippen molar-refractivity contribution in [3.63, 3.8) is 0 Å². The van der Waals surface area contributed by atoms with E-state index in [0.717, 1.165) is 5.57 Å². The van der Waals surface area contributed by atoms with Crippen molar-refractivity contribution >= 4 is 6.08 Å². The molecule has 1 aromatic rings. The molecule has 0 N–H and O–H groups in total. The number of hydrogen-bond acceptors (Lipinski definition) is 3. The Bertz CT molecular complexity index is 479. The zero-order valence-electron chi connectivity index (χ0n) is 9.92. The maximum atomic E-state index is 5.22. The van der Waals surface area contributed by atoms with Crippen LogP contribution in [0.3, 0.4) is 0 Å². The molecule has 3 heteroatoms. The summed E-state index contributed by atoms with van der Waals surface area (Å²) in [5, 5.41) is 0. The third kappa shape index (κ3) is 3.96. The molecule has 0 radical (unpaired) electrons. The van der Waals surface area contributed by atoms with Crippen LogP contribution in [0.25, 0.3) is 6.08 Å². The van der Waals surface area contributed by atoms with Gasteiger partial charge in [-0.2, -0.15) is 0 Å². The second kappa shape index (κ2) is 7.02. The van der Waals surface area contributed by atoms with Crippen LogP contribution in [0, 0.1) is 12.3 Å². The largest absolute Gasteiger partial charge is 0.495 e. The number of ether oxygens (including phenoxy) is 1. The van der Waals surface area contributed by atoms with Crippen molar-refractivity contribution in [3.8, 4) is 12.3 Å². The molecule has 0 fully saturated rings. The van der Waals surface area contributed by atoms with Crippen LogP contribution < -0.4 is 0 Å². The van der Waals surface area contributed by atoms with Gasteiger partial charge < -0.3 is 4.74 Å². The van der Waals surface area contributed by atoms with E-state index in [1.807, 2.05) is 19.1 Å². The van der Waals surface area contributed by atoms with Crippen molar-refractivity contribution in [2.24, 2.45) is 0 Å². The molecule has 1 heterocycles. The molecule has 0 saturated carbocycles. The number of rotatable bonds is 4. The van der Waals surface area contributed by atoms with Crippen molar-refractivity contribution in [1.82, 2.24) is 9.97 Å². The molecule has 0 aliphatic rings. The highest BCUT2D eigenvalue weighted by atomic mass is 16.5. The average Bonchev–Trinajstić information content (AvgIpc) is 2.39. The highest BCUT2D eigenvalue weighted by Gasteiger charge is 1.99. The number of aromatic nitrogens is 2. The predicted octanol–water partition coefficient (Wildman–Crippen LogP) is 2.60. The SMILES string of the molecule is C#C\C=C(OC)/C(=C\C)/C=C/c1ncccn1. The van der Waals surface area contributed by atoms with Gasteiger partial charge in [0.2, 0.25) is 0 Å². The molecule has 0 saturated heterocycles. The summed E-state index contributed by atoms with van der Waals surface area (Å²) in [6, 6.07) is 1.77. The van der Waals surface area contributed by atoms with Crippen LogP contribution in [0.5, 0.6) is 0 Å². The Kier molecular flexibility index (Phi) is 5.26. The van der Waals surface area contributed by atoms with E-state index in [0.29, 0.717) is 11.6 Å². The standard InChI is InChI=1S/C14H14N2O/c1-4-7-13(17-3)12(5-2)8-9-14-15-10-6-11-16-14/h1,5-11H,2-3H3/b9-8+,12-5-,13-7+. The molecule has 0 aromatic carbocycles. The molecule has 0 unspecified atom stereocenters. The van der Waals surface area contributed by atoms with Gasteiger partial charge in [-0.3, -0.25) is 0 Å². The molecule has 86 valence electrons. The molecular weight excluding hydrogens is 212 g/mol. The Morgan fingerprint density at radius 2 is 2.12 bits per heavy atom. The summed E-state index contributed by atoms with van der Waals surface area (Å²) in [7, 11) is 1.58. The fourth-order valence-electron chi connectivity index (χ4n) is 1.22. The molecule has 3 nitrogen and oxygen atoms in total. The van der Waals surface area contributed by atoms with Crippen molar-refractivity contribution in [1.29, 1.82) is 0 Å². The summed E-state index contributed by atoms with van der Waals surface area (Å²) in [5.74, 6) is 3.72. The summed E-state index contributed by atoms with van der Waals surface area (Å²) in [4.78, 5) is 8.18. The predicted molar refractivity (Wildman–Crippen MR) is 68.7 cm³/mol. The number of nitrogens with zero attached hydrogens (tertiary/aromatic N) is 2. The Hall–Kier alpha value is -2.34. The van der Waals surface area contributed by atoms with Gasteiger partial charge in [-0.15, -0.1) is 6.42 Å². The Balaban J connectivity index is 2.89. The second-order valence-electron chi connectivity index (χ2n) is 3.06. The molecule has 0 spiro atoms. The van der Waals surface area contributed by atoms with Gasteiger partial charge >= 0.3 is 0 Å². The normalized spacial score (nSPS) is 12.5. The number of allylic oxidation sites excluding steroid dienone is 3. The van der Waals surface area contributed by atoms with Crippen LogP contribution in [0.15, 0.2) is 48.0 Å². The highest BCUT2D eigenvalue weighted by molar-refractivity contribution is 5.51. The quantitative estimate of drug-likeness (QED) is 0.449. The molecule has 0 aliphatic carbocycles. The molecular formula is C14H14N2O. The molecule has 0 atom stereocenters. The first-order chi connectivity index (χ1) is 8.31. The van der Waals surface area contributed by atoms with E-state index in [1.165, 1.54) is 0 Å². The summed E-state index contributed by atoms with van der Waals surface area (Å²) < 4.78 is 5.19. The summed E-state index contributed by atoms with van der Waals surface area (Å²) in [6.07, 6.45) is 15.8. The summed E-state index contributed by atoms with van der Waals surface area (Å²) in [5.41, 5.74) is 0.887. The lowest BCUT2D eigenvalue weighted by molar-refractivity contribution is 0.303. The molecule has 17 heavy (non-hydrogen) atoms. The zero-order chi connectivity index (χ0) is 12.5. The number of terminal acetylenes is 1. The molecule has 0 bridgehead atoms. The van der Waals surface area contributed by atoms with Gasteiger partial charge in [-0.25, -0.2) is 9.97 Å². The minimum Gasteiger partial charge on any atom is -0.495 e. The van der Waals surface area contributed by atoms with E-state index in [4.69, 9.17) is 11.2 Å². The third-order valence-electron chi connectivity index (χ3n) is 2.03. The van der Waals surface area contributed by atoms with E-state index in [1.54, 1.807) is 37.7 Å². The van der Waals surface area contributed by atoms with Crippen molar-refractivity contribution in [2.75, 3.05) is 7.11 Å². The molecule has 0 amide bonds. The lowest BCUT2D eigenvalue weighted by atomic mass is 10.2. The summed E-state index contributed by atoms with van der Waals surface area (Å²) >= 11 is 0. The average molecular weight is 226 g/mol. The lowest BCUT2D eigenvalue weighted by Crippen LogP contribution is -1.90. The maximum absolute atomic E-state index is 5.22. The van der Waals surface area contributed by atoms with E-state index in [-0.39, 0.29) is 0 Å². The molecule has 1 aromatic heterocycles. The minimum atomic E-state index is 0.641. The van der Waals surface area contributed by atoms with Crippen molar-refractivity contribution < 1.29 is 4.74 Å². The van der Waals surface area contributed by atoms with Crippen LogP contribution in [-0.2, 0) is 4.74 Å². The van der Waals surface area contributed by atoms with Gasteiger partial charge in [0.25, 0.3) is 0 Å². The summed E-state index contributed by atoms with van der Waals surface area (Å²) in [6.45, 7) is 1.91. The van der Waals surface area contributed by atoms with E-state index < -0.39 is 0 Å². The van der Waals surface area contributed by atoms with Crippen molar-refractivity contribution in [2.45, 2.75) is 6.92 Å². The van der Waals surface area contributed by atoms with Crippen LogP contribution >= 0.6 is 0 Å². The monoisotopic (exact) mass is 226 g/mol. The van der Waals surface area contributed by atoms with Gasteiger partial charge in [0.1, 0.15) is 5.76 Å². The lowest BCUT2D eigenvalue weighted by Gasteiger charge is -2.04. The minimum absolute atomic E-state index is 0.641. The van der Waals surface area contributed by atoms with Gasteiger partial charge in [-0.05, 0) is 25.1 Å². The molecule has 1 rings (SSSR count). The van der Waals surface area contributed by atoms with Crippen LogP contribution in [-0.4, -0.2) is 17.1 Å². The smallest absolute Gasteiger partial charge is 0.151 e. The first-order valence-electron chi connectivity index (χ1n) is 5.14. The third-order valence-corrected chi connectivity index (χ3v) is 2.03. The fraction of sp³-hybridized carbons (Fsp3) is 0.143. The first kappa shape index (κ1) is 12.7. The Morgan fingerprint density at radius 1 is 1.41 bits per heavy atom. The van der Waals surface area contributed by atoms with Gasteiger partial charge in [0.05, 0.1) is 7.11 Å².